The van der Waals surface area contributed by atoms with Gasteiger partial charge in [-0.25, -0.2) is 19.7 Å². The van der Waals surface area contributed by atoms with Crippen molar-refractivity contribution in [1.29, 1.82) is 0 Å². The molecule has 0 aromatic carbocycles. The van der Waals surface area contributed by atoms with E-state index in [-0.39, 0.29) is 0 Å². The second kappa shape index (κ2) is 5.68. The highest BCUT2D eigenvalue weighted by Crippen LogP contribution is 2.26. The number of carbonyl (C=O) groups is 1. The van der Waals surface area contributed by atoms with E-state index in [1.54, 1.807) is 31.6 Å². The normalized spacial score (nSPS) is 13.7. The molecule has 0 aliphatic carbocycles. The maximum Gasteiger partial charge on any atom is 0.329 e. The zero-order chi connectivity index (χ0) is 16.4. The Bertz CT molecular complexity index is 860. The van der Waals surface area contributed by atoms with Gasteiger partial charge in [-0.15, -0.1) is 0 Å². The van der Waals surface area contributed by atoms with Crippen molar-refractivity contribution in [2.45, 2.75) is 25.8 Å². The zero-order valence-corrected chi connectivity index (χ0v) is 12.9. The predicted octanol–water partition coefficient (Wildman–Crippen LogP) is 2.69. The molecule has 23 heavy (non-hydrogen) atoms. The van der Waals surface area contributed by atoms with Crippen LogP contribution in [0.3, 0.4) is 0 Å². The van der Waals surface area contributed by atoms with E-state index in [1.807, 2.05) is 19.1 Å². The van der Waals surface area contributed by atoms with Crippen molar-refractivity contribution in [2.75, 3.05) is 5.32 Å². The van der Waals surface area contributed by atoms with Crippen LogP contribution in [0.2, 0.25) is 0 Å². The average Bonchev–Trinajstić information content (AvgIpc) is 2.99. The van der Waals surface area contributed by atoms with Crippen molar-refractivity contribution in [3.05, 3.63) is 36.8 Å². The van der Waals surface area contributed by atoms with Gasteiger partial charge in [0.05, 0.1) is 0 Å². The third kappa shape index (κ3) is 2.73. The number of nitrogens with one attached hydrogen (secondary N) is 2. The fourth-order valence-corrected chi connectivity index (χ4v) is 2.27. The molecule has 0 saturated carbocycles. The Balaban J connectivity index is 1.99. The number of fused-ring (bicyclic) bond motifs is 1. The lowest BCUT2D eigenvalue weighted by atomic mass is 9.99. The summed E-state index contributed by atoms with van der Waals surface area (Å²) in [5.74, 6) is 0.0644. The number of carboxylic acids is 1. The van der Waals surface area contributed by atoms with E-state index in [4.69, 9.17) is 0 Å². The van der Waals surface area contributed by atoms with Gasteiger partial charge in [0.25, 0.3) is 0 Å². The van der Waals surface area contributed by atoms with E-state index in [0.717, 1.165) is 16.6 Å². The van der Waals surface area contributed by atoms with Crippen molar-refractivity contribution in [3.8, 4) is 11.4 Å². The summed E-state index contributed by atoms with van der Waals surface area (Å²) in [6.07, 6.45) is 5.55. The van der Waals surface area contributed by atoms with Gasteiger partial charge < -0.3 is 15.4 Å². The van der Waals surface area contributed by atoms with E-state index in [1.165, 1.54) is 0 Å². The average molecular weight is 311 g/mol. The number of hydrogen-bond donors (Lipinski definition) is 3. The number of rotatable bonds is 5. The highest BCUT2D eigenvalue weighted by atomic mass is 16.4. The molecule has 3 N–H and O–H groups in total. The summed E-state index contributed by atoms with van der Waals surface area (Å²) in [6.45, 7) is 3.45. The Hall–Kier alpha value is -2.96. The van der Waals surface area contributed by atoms with Gasteiger partial charge in [-0.05, 0) is 31.5 Å². The molecule has 3 rings (SSSR count). The molecule has 0 radical (unpaired) electrons. The third-order valence-electron chi connectivity index (χ3n) is 3.93. The highest BCUT2D eigenvalue weighted by molar-refractivity contribution is 5.91. The van der Waals surface area contributed by atoms with Crippen LogP contribution in [0.25, 0.3) is 22.4 Å². The molecular formula is C16H17N5O2. The maximum absolute atomic E-state index is 11.4. The van der Waals surface area contributed by atoms with Gasteiger partial charge >= 0.3 is 5.97 Å². The first-order valence-electron chi connectivity index (χ1n) is 7.30. The van der Waals surface area contributed by atoms with E-state index in [2.05, 4.69) is 25.3 Å². The van der Waals surface area contributed by atoms with E-state index in [9.17, 15) is 9.90 Å². The summed E-state index contributed by atoms with van der Waals surface area (Å²) >= 11 is 0. The van der Waals surface area contributed by atoms with Crippen LogP contribution < -0.4 is 5.32 Å². The largest absolute Gasteiger partial charge is 0.480 e. The lowest BCUT2D eigenvalue weighted by molar-refractivity contribution is -0.141. The molecule has 7 heteroatoms. The van der Waals surface area contributed by atoms with Gasteiger partial charge in [-0.1, -0.05) is 6.92 Å². The van der Waals surface area contributed by atoms with Crippen LogP contribution in [-0.2, 0) is 4.79 Å². The van der Waals surface area contributed by atoms with Crippen LogP contribution in [0.4, 0.5) is 5.82 Å². The summed E-state index contributed by atoms with van der Waals surface area (Å²) < 4.78 is 0. The number of carboxylic acid groups (broad SMARTS) is 1. The number of anilines is 1. The van der Waals surface area contributed by atoms with Crippen LogP contribution in [0.15, 0.2) is 36.8 Å². The molecule has 3 heterocycles. The summed E-state index contributed by atoms with van der Waals surface area (Å²) in [7, 11) is 0. The van der Waals surface area contributed by atoms with Crippen LogP contribution in [0.5, 0.6) is 0 Å². The molecule has 0 aliphatic rings. The molecule has 0 amide bonds. The first-order valence-corrected chi connectivity index (χ1v) is 7.30. The fourth-order valence-electron chi connectivity index (χ4n) is 2.27. The molecular weight excluding hydrogens is 294 g/mol. The second-order valence-corrected chi connectivity index (χ2v) is 5.48. The van der Waals surface area contributed by atoms with E-state index < -0.39 is 11.5 Å². The van der Waals surface area contributed by atoms with Crippen molar-refractivity contribution >= 4 is 22.8 Å². The predicted molar refractivity (Wildman–Crippen MR) is 87.1 cm³/mol. The second-order valence-electron chi connectivity index (χ2n) is 5.48. The first kappa shape index (κ1) is 15.0. The minimum atomic E-state index is -1.08. The SMILES string of the molecule is CC[C@@](C)(Nc1ccnc(-c2c[nH]c3ncccc23)n1)C(=O)O. The molecule has 7 nitrogen and oxygen atoms in total. The lowest BCUT2D eigenvalue weighted by Crippen LogP contribution is -2.42. The Labute approximate surface area is 132 Å². The number of pyridine rings is 1. The summed E-state index contributed by atoms with van der Waals surface area (Å²) in [5, 5.41) is 13.3. The Morgan fingerprint density at radius 3 is 2.91 bits per heavy atom. The van der Waals surface area contributed by atoms with Gasteiger partial charge in [-0.2, -0.15) is 0 Å². The monoisotopic (exact) mass is 311 g/mol. The number of aliphatic carboxylic acids is 1. The van der Waals surface area contributed by atoms with Crippen molar-refractivity contribution in [3.63, 3.8) is 0 Å². The van der Waals surface area contributed by atoms with E-state index in [0.29, 0.717) is 18.1 Å². The Morgan fingerprint density at radius 1 is 1.35 bits per heavy atom. The minimum Gasteiger partial charge on any atom is -0.480 e. The van der Waals surface area contributed by atoms with Gasteiger partial charge in [0.1, 0.15) is 17.0 Å². The topological polar surface area (TPSA) is 104 Å². The van der Waals surface area contributed by atoms with Crippen molar-refractivity contribution in [1.82, 2.24) is 19.9 Å². The zero-order valence-electron chi connectivity index (χ0n) is 12.9. The molecule has 0 spiro atoms. The quantitative estimate of drug-likeness (QED) is 0.669. The van der Waals surface area contributed by atoms with Crippen LogP contribution >= 0.6 is 0 Å². The minimum absolute atomic E-state index is 0.429. The molecule has 0 fully saturated rings. The van der Waals surface area contributed by atoms with Gasteiger partial charge in [0.2, 0.25) is 0 Å². The molecule has 0 saturated heterocycles. The number of aromatic nitrogens is 4. The van der Waals surface area contributed by atoms with Gasteiger partial charge in [0.15, 0.2) is 5.82 Å². The standard InChI is InChI=1S/C16H17N5O2/c1-3-16(2,15(22)23)21-12-6-8-18-14(20-12)11-9-19-13-10(11)5-4-7-17-13/h4-9H,3H2,1-2H3,(H,17,19)(H,22,23)(H,18,20,21)/t16-/m1/s1. The molecule has 0 aliphatic heterocycles. The van der Waals surface area contributed by atoms with Crippen molar-refractivity contribution in [2.24, 2.45) is 0 Å². The smallest absolute Gasteiger partial charge is 0.329 e. The van der Waals surface area contributed by atoms with Crippen LogP contribution in [0, 0.1) is 0 Å². The van der Waals surface area contributed by atoms with E-state index >= 15 is 0 Å². The number of nitrogens with zero attached hydrogens (tertiary/aromatic N) is 3. The maximum atomic E-state index is 11.4. The Kier molecular flexibility index (Phi) is 3.69. The third-order valence-corrected chi connectivity index (χ3v) is 3.93. The molecule has 118 valence electrons. The first-order chi connectivity index (χ1) is 11.0. The summed E-state index contributed by atoms with van der Waals surface area (Å²) in [5.41, 5.74) is 0.506. The van der Waals surface area contributed by atoms with Crippen molar-refractivity contribution < 1.29 is 9.90 Å². The summed E-state index contributed by atoms with van der Waals surface area (Å²) in [6, 6.07) is 5.44. The molecule has 0 bridgehead atoms. The van der Waals surface area contributed by atoms with Crippen LogP contribution in [-0.4, -0.2) is 36.6 Å². The van der Waals surface area contributed by atoms with Gasteiger partial charge in [0, 0.05) is 29.5 Å². The lowest BCUT2D eigenvalue weighted by Gasteiger charge is -2.25. The molecule has 3 aromatic rings. The fraction of sp³-hybridized carbons (Fsp3) is 0.250. The number of hydrogen-bond acceptors (Lipinski definition) is 5. The number of aromatic amines is 1. The number of H-pyrrole nitrogens is 1. The molecule has 1 atom stereocenters. The molecule has 0 unspecified atom stereocenters. The highest BCUT2D eigenvalue weighted by Gasteiger charge is 2.31. The van der Waals surface area contributed by atoms with Gasteiger partial charge in [-0.3, -0.25) is 0 Å². The Morgan fingerprint density at radius 2 is 2.17 bits per heavy atom. The molecule has 3 aromatic heterocycles. The van der Waals surface area contributed by atoms with Crippen LogP contribution in [0.1, 0.15) is 20.3 Å². The summed E-state index contributed by atoms with van der Waals surface area (Å²) in [4.78, 5) is 27.5.